The molecule has 0 aromatic carbocycles. The van der Waals surface area contributed by atoms with Crippen molar-refractivity contribution in [1.29, 1.82) is 0 Å². The lowest BCUT2D eigenvalue weighted by Crippen LogP contribution is -2.66. The number of ether oxygens (including phenoxy) is 3. The predicted octanol–water partition coefficient (Wildman–Crippen LogP) is 5.51. The van der Waals surface area contributed by atoms with Crippen LogP contribution < -0.4 is 0 Å². The van der Waals surface area contributed by atoms with E-state index in [2.05, 4.69) is 6.92 Å². The average molecular weight is 541 g/mol. The largest absolute Gasteiger partial charge is 0.472 e. The zero-order valence-corrected chi connectivity index (χ0v) is 23.8. The smallest absolute Gasteiger partial charge is 0.310 e. The third-order valence-corrected chi connectivity index (χ3v) is 10.5. The van der Waals surface area contributed by atoms with Crippen LogP contribution in [0.2, 0.25) is 0 Å². The number of ketones is 1. The van der Waals surface area contributed by atoms with E-state index in [1.165, 1.54) is 7.11 Å². The maximum Gasteiger partial charge on any atom is 0.310 e. The van der Waals surface area contributed by atoms with Gasteiger partial charge in [-0.3, -0.25) is 19.2 Å². The van der Waals surface area contributed by atoms with E-state index in [9.17, 15) is 19.2 Å². The highest BCUT2D eigenvalue weighted by atomic mass is 16.6. The van der Waals surface area contributed by atoms with Crippen molar-refractivity contribution in [3.05, 3.63) is 35.3 Å². The Morgan fingerprint density at radius 1 is 1.13 bits per heavy atom. The topological polar surface area (TPSA) is 109 Å². The fourth-order valence-electron chi connectivity index (χ4n) is 8.60. The second-order valence-corrected chi connectivity index (χ2v) is 12.9. The van der Waals surface area contributed by atoms with E-state index in [0.717, 1.165) is 29.6 Å². The number of fused-ring (bicyclic) bond motifs is 5. The minimum atomic E-state index is -0.871. The Kier molecular flexibility index (Phi) is 6.83. The minimum absolute atomic E-state index is 0.0488. The first-order valence-corrected chi connectivity index (χ1v) is 14.1. The lowest BCUT2D eigenvalue weighted by Gasteiger charge is -2.63. The molecule has 8 nitrogen and oxygen atoms in total. The summed E-state index contributed by atoms with van der Waals surface area (Å²) in [6.45, 7) is 10.1. The number of hydrogen-bond donors (Lipinski definition) is 0. The molecule has 39 heavy (non-hydrogen) atoms. The minimum Gasteiger partial charge on any atom is -0.472 e. The third-order valence-electron chi connectivity index (χ3n) is 10.5. The molecule has 0 spiro atoms. The van der Waals surface area contributed by atoms with E-state index in [1.807, 2.05) is 33.8 Å². The molecule has 3 aliphatic carbocycles. The zero-order valence-electron chi connectivity index (χ0n) is 23.8. The molecule has 7 atom stereocenters. The normalized spacial score (nSPS) is 36.9. The highest BCUT2D eigenvalue weighted by molar-refractivity contribution is 5.92. The summed E-state index contributed by atoms with van der Waals surface area (Å²) in [6.07, 6.45) is 5.06. The number of methoxy groups -OCH3 is 1. The van der Waals surface area contributed by atoms with Crippen LogP contribution >= 0.6 is 0 Å². The Hall–Kier alpha value is -2.90. The summed E-state index contributed by atoms with van der Waals surface area (Å²) < 4.78 is 22.4. The van der Waals surface area contributed by atoms with Crippen LogP contribution in [0.25, 0.3) is 0 Å². The molecule has 8 heteroatoms. The summed E-state index contributed by atoms with van der Waals surface area (Å²) in [7, 11) is 1.36. The van der Waals surface area contributed by atoms with Crippen LogP contribution in [-0.4, -0.2) is 36.9 Å². The summed E-state index contributed by atoms with van der Waals surface area (Å²) >= 11 is 0. The van der Waals surface area contributed by atoms with E-state index in [4.69, 9.17) is 18.6 Å². The van der Waals surface area contributed by atoms with Gasteiger partial charge in [-0.15, -0.1) is 0 Å². The van der Waals surface area contributed by atoms with Gasteiger partial charge >= 0.3 is 17.9 Å². The molecule has 1 saturated heterocycles. The van der Waals surface area contributed by atoms with Crippen molar-refractivity contribution in [1.82, 2.24) is 0 Å². The van der Waals surface area contributed by atoms with Gasteiger partial charge in [0.15, 0.2) is 0 Å². The number of esters is 3. The average Bonchev–Trinajstić information content (AvgIpc) is 3.42. The van der Waals surface area contributed by atoms with Gasteiger partial charge in [0.25, 0.3) is 0 Å². The summed E-state index contributed by atoms with van der Waals surface area (Å²) in [6, 6.07) is 1.83. The lowest BCUT2D eigenvalue weighted by molar-refractivity contribution is -0.199. The predicted molar refractivity (Wildman–Crippen MR) is 140 cm³/mol. The number of carbonyl (C=O) groups is 4. The molecule has 1 aromatic rings. The summed E-state index contributed by atoms with van der Waals surface area (Å²) in [5.74, 6) is -2.06. The maximum atomic E-state index is 14.4. The van der Waals surface area contributed by atoms with Gasteiger partial charge < -0.3 is 18.6 Å². The maximum absolute atomic E-state index is 14.4. The van der Waals surface area contributed by atoms with Gasteiger partial charge in [0.2, 0.25) is 0 Å². The molecule has 1 aromatic heterocycles. The summed E-state index contributed by atoms with van der Waals surface area (Å²) in [5, 5.41) is 0. The molecule has 2 bridgehead atoms. The lowest BCUT2D eigenvalue weighted by atomic mass is 9.40. The first kappa shape index (κ1) is 27.7. The number of furan rings is 1. The number of Topliss-reactive ketones (excluding diaryl/α,β-unsaturated/α-hetero) is 1. The van der Waals surface area contributed by atoms with E-state index in [0.29, 0.717) is 12.8 Å². The van der Waals surface area contributed by atoms with E-state index < -0.39 is 40.3 Å². The molecular weight excluding hydrogens is 500 g/mol. The quantitative estimate of drug-likeness (QED) is 0.264. The first-order valence-electron chi connectivity index (χ1n) is 14.1. The molecule has 5 rings (SSSR count). The van der Waals surface area contributed by atoms with Crippen molar-refractivity contribution in [2.75, 3.05) is 7.11 Å². The molecule has 2 heterocycles. The van der Waals surface area contributed by atoms with Gasteiger partial charge in [-0.25, -0.2) is 0 Å². The van der Waals surface area contributed by atoms with Crippen LogP contribution in [-0.2, 0) is 33.4 Å². The van der Waals surface area contributed by atoms with E-state index in [1.54, 1.807) is 12.5 Å². The second kappa shape index (κ2) is 9.63. The highest BCUT2D eigenvalue weighted by Gasteiger charge is 2.68. The van der Waals surface area contributed by atoms with Crippen molar-refractivity contribution in [2.45, 2.75) is 91.8 Å². The van der Waals surface area contributed by atoms with Crippen LogP contribution in [0.1, 0.15) is 91.2 Å². The van der Waals surface area contributed by atoms with Gasteiger partial charge in [-0.05, 0) is 49.2 Å². The fourth-order valence-corrected chi connectivity index (χ4v) is 8.60. The van der Waals surface area contributed by atoms with E-state index in [-0.39, 0.29) is 48.9 Å². The van der Waals surface area contributed by atoms with Crippen molar-refractivity contribution >= 4 is 23.7 Å². The zero-order chi connectivity index (χ0) is 28.3. The summed E-state index contributed by atoms with van der Waals surface area (Å²) in [4.78, 5) is 52.9. The van der Waals surface area contributed by atoms with Crippen LogP contribution in [0.15, 0.2) is 34.2 Å². The van der Waals surface area contributed by atoms with Crippen LogP contribution in [0, 0.1) is 34.0 Å². The molecule has 4 aliphatic rings. The Balaban J connectivity index is 1.67. The standard InChI is InChI=1S/C31H40O8/c1-7-8-23(32)38-28-19-13-18-20(31(5,26(19)35)22(29(28,2)3)15-24(33)36-6)9-11-30(4)21(18)14-25(34)39-27(30)17-10-12-37-16-17/h10,12,16,19-20,22,27-28H,7-9,11,13-15H2,1-6H3. The second-order valence-electron chi connectivity index (χ2n) is 12.9. The number of hydrogen-bond acceptors (Lipinski definition) is 8. The molecule has 1 aliphatic heterocycles. The highest BCUT2D eigenvalue weighted by Crippen LogP contribution is 2.68. The van der Waals surface area contributed by atoms with Gasteiger partial charge in [0.1, 0.15) is 18.0 Å². The van der Waals surface area contributed by atoms with Crippen LogP contribution in [0.5, 0.6) is 0 Å². The van der Waals surface area contributed by atoms with E-state index >= 15 is 0 Å². The third kappa shape index (κ3) is 4.08. The Labute approximate surface area is 229 Å². The molecule has 0 N–H and O–H groups in total. The molecule has 212 valence electrons. The van der Waals surface area contributed by atoms with Crippen LogP contribution in [0.3, 0.4) is 0 Å². The number of rotatable bonds is 6. The molecule has 3 fully saturated rings. The van der Waals surface area contributed by atoms with Crippen molar-refractivity contribution < 1.29 is 37.8 Å². The summed E-state index contributed by atoms with van der Waals surface area (Å²) in [5.41, 5.74) is 0.979. The monoisotopic (exact) mass is 540 g/mol. The molecule has 0 radical (unpaired) electrons. The Morgan fingerprint density at radius 2 is 1.87 bits per heavy atom. The Bertz CT molecular complexity index is 1210. The SMILES string of the molecule is CCCC(=O)OC1C2CC3=C4CC(=O)OC(c5ccoc5)C4(C)CCC3C(C)(C2=O)C(CC(=O)OC)C1(C)C. The Morgan fingerprint density at radius 3 is 2.51 bits per heavy atom. The molecular formula is C31H40O8. The number of carbonyl (C=O) groups excluding carboxylic acids is 4. The van der Waals surface area contributed by atoms with Gasteiger partial charge in [-0.2, -0.15) is 0 Å². The van der Waals surface area contributed by atoms with Gasteiger partial charge in [-0.1, -0.05) is 40.2 Å². The van der Waals surface area contributed by atoms with Crippen molar-refractivity contribution in [3.63, 3.8) is 0 Å². The fraction of sp³-hybridized carbons (Fsp3) is 0.677. The van der Waals surface area contributed by atoms with Gasteiger partial charge in [0.05, 0.1) is 32.0 Å². The van der Waals surface area contributed by atoms with Crippen molar-refractivity contribution in [3.8, 4) is 0 Å². The van der Waals surface area contributed by atoms with Crippen LogP contribution in [0.4, 0.5) is 0 Å². The first-order chi connectivity index (χ1) is 18.4. The van der Waals surface area contributed by atoms with Gasteiger partial charge in [0, 0.05) is 34.7 Å². The molecule has 0 amide bonds. The van der Waals surface area contributed by atoms with Crippen molar-refractivity contribution in [2.24, 2.45) is 34.0 Å². The molecule has 2 saturated carbocycles. The molecule has 7 unspecified atom stereocenters. The number of cyclic esters (lactones) is 1. The number of allylic oxidation sites excluding steroid dienone is 1.